The van der Waals surface area contributed by atoms with Crippen LogP contribution in [0, 0.1) is 10.1 Å². The highest BCUT2D eigenvalue weighted by molar-refractivity contribution is 5.83. The predicted octanol–water partition coefficient (Wildman–Crippen LogP) is 1.58. The Labute approximate surface area is 103 Å². The Morgan fingerprint density at radius 1 is 1.44 bits per heavy atom. The summed E-state index contributed by atoms with van der Waals surface area (Å²) in [5, 5.41) is 10.5. The molecule has 1 aliphatic heterocycles. The van der Waals surface area contributed by atoms with Crippen molar-refractivity contribution in [3.05, 3.63) is 39.9 Å². The van der Waals surface area contributed by atoms with E-state index in [-0.39, 0.29) is 12.3 Å². The lowest BCUT2D eigenvalue weighted by Crippen LogP contribution is -2.28. The number of hydrogen-bond donors (Lipinski definition) is 0. The van der Waals surface area contributed by atoms with Crippen LogP contribution < -0.4 is 0 Å². The van der Waals surface area contributed by atoms with E-state index >= 15 is 0 Å². The van der Waals surface area contributed by atoms with Crippen LogP contribution in [0.5, 0.6) is 0 Å². The van der Waals surface area contributed by atoms with Crippen molar-refractivity contribution in [2.24, 2.45) is 4.99 Å². The molecular formula is C11H11N3O4. The van der Waals surface area contributed by atoms with Gasteiger partial charge in [0.25, 0.3) is 5.69 Å². The first kappa shape index (κ1) is 12.0. The Hall–Kier alpha value is -2.44. The van der Waals surface area contributed by atoms with Crippen LogP contribution in [0.3, 0.4) is 0 Å². The van der Waals surface area contributed by atoms with Gasteiger partial charge in [0, 0.05) is 18.7 Å². The van der Waals surface area contributed by atoms with E-state index in [2.05, 4.69) is 4.99 Å². The summed E-state index contributed by atoms with van der Waals surface area (Å²) in [6.45, 7) is 1.20. The highest BCUT2D eigenvalue weighted by atomic mass is 16.6. The first-order valence-corrected chi connectivity index (χ1v) is 5.33. The molecule has 0 aliphatic carbocycles. The van der Waals surface area contributed by atoms with Gasteiger partial charge >= 0.3 is 6.09 Å². The maximum Gasteiger partial charge on any atom is 0.415 e. The molecule has 1 aliphatic rings. The second-order valence-electron chi connectivity index (χ2n) is 3.69. The standard InChI is InChI=1S/C11H11N3O4/c15-11(13-6-5-12-8-13)18-7-9-1-3-10(4-2-9)14(16)17/h1-4,8H,5-7H2. The Morgan fingerprint density at radius 3 is 2.72 bits per heavy atom. The topological polar surface area (TPSA) is 85.0 Å². The summed E-state index contributed by atoms with van der Waals surface area (Å²) < 4.78 is 5.04. The number of ether oxygens (including phenoxy) is 1. The maximum atomic E-state index is 11.5. The quantitative estimate of drug-likeness (QED) is 0.601. The first-order valence-electron chi connectivity index (χ1n) is 5.33. The molecule has 0 saturated heterocycles. The molecule has 94 valence electrons. The molecule has 0 bridgehead atoms. The summed E-state index contributed by atoms with van der Waals surface area (Å²) >= 11 is 0. The van der Waals surface area contributed by atoms with E-state index in [9.17, 15) is 14.9 Å². The van der Waals surface area contributed by atoms with E-state index in [1.54, 1.807) is 12.1 Å². The minimum absolute atomic E-state index is 0.0109. The molecule has 0 unspecified atom stereocenters. The highest BCUT2D eigenvalue weighted by Crippen LogP contribution is 2.13. The number of nitro groups is 1. The first-order chi connectivity index (χ1) is 8.66. The molecule has 1 aromatic carbocycles. The van der Waals surface area contributed by atoms with Crippen LogP contribution in [0.2, 0.25) is 0 Å². The van der Waals surface area contributed by atoms with Crippen LogP contribution in [0.1, 0.15) is 5.56 Å². The Kier molecular flexibility index (Phi) is 3.52. The summed E-state index contributed by atoms with van der Waals surface area (Å²) in [5.41, 5.74) is 0.710. The molecular weight excluding hydrogens is 238 g/mol. The van der Waals surface area contributed by atoms with Gasteiger partial charge in [0.2, 0.25) is 0 Å². The van der Waals surface area contributed by atoms with Gasteiger partial charge in [-0.15, -0.1) is 0 Å². The molecule has 7 nitrogen and oxygen atoms in total. The average molecular weight is 249 g/mol. The average Bonchev–Trinajstić information content (AvgIpc) is 2.90. The Bertz CT molecular complexity index is 484. The molecule has 7 heteroatoms. The molecule has 0 fully saturated rings. The van der Waals surface area contributed by atoms with Crippen LogP contribution in [-0.2, 0) is 11.3 Å². The van der Waals surface area contributed by atoms with E-state index in [1.807, 2.05) is 0 Å². The zero-order chi connectivity index (χ0) is 13.0. The van der Waals surface area contributed by atoms with Gasteiger partial charge in [0.15, 0.2) is 0 Å². The number of benzene rings is 1. The fraction of sp³-hybridized carbons (Fsp3) is 0.273. The number of nitrogens with zero attached hydrogens (tertiary/aromatic N) is 3. The van der Waals surface area contributed by atoms with Gasteiger partial charge in [-0.3, -0.25) is 20.0 Å². The summed E-state index contributed by atoms with van der Waals surface area (Å²) in [6, 6.07) is 5.87. The highest BCUT2D eigenvalue weighted by Gasteiger charge is 2.15. The monoisotopic (exact) mass is 249 g/mol. The third kappa shape index (κ3) is 2.82. The van der Waals surface area contributed by atoms with Gasteiger partial charge < -0.3 is 4.74 Å². The van der Waals surface area contributed by atoms with Gasteiger partial charge in [0.1, 0.15) is 6.61 Å². The van der Waals surface area contributed by atoms with Crippen molar-refractivity contribution < 1.29 is 14.5 Å². The molecule has 1 amide bonds. The largest absolute Gasteiger partial charge is 0.444 e. The van der Waals surface area contributed by atoms with Crippen LogP contribution in [0.4, 0.5) is 10.5 Å². The lowest BCUT2D eigenvalue weighted by molar-refractivity contribution is -0.384. The fourth-order valence-electron chi connectivity index (χ4n) is 1.46. The smallest absolute Gasteiger partial charge is 0.415 e. The molecule has 0 saturated carbocycles. The summed E-state index contributed by atoms with van der Waals surface area (Å²) in [6.07, 6.45) is 0.979. The van der Waals surface area contributed by atoms with E-state index in [0.29, 0.717) is 18.7 Å². The SMILES string of the molecule is O=C(OCc1ccc([N+](=O)[O-])cc1)N1C=NCC1. The lowest BCUT2D eigenvalue weighted by atomic mass is 10.2. The molecule has 0 atom stereocenters. The van der Waals surface area contributed by atoms with Crippen LogP contribution in [0.15, 0.2) is 29.3 Å². The minimum Gasteiger partial charge on any atom is -0.444 e. The maximum absolute atomic E-state index is 11.5. The van der Waals surface area contributed by atoms with Crippen molar-refractivity contribution in [1.29, 1.82) is 0 Å². The number of nitro benzene ring substituents is 1. The van der Waals surface area contributed by atoms with Gasteiger partial charge in [-0.1, -0.05) is 0 Å². The van der Waals surface area contributed by atoms with E-state index in [4.69, 9.17) is 4.74 Å². The number of hydrogen-bond acceptors (Lipinski definition) is 5. The molecule has 18 heavy (non-hydrogen) atoms. The normalized spacial score (nSPS) is 13.7. The third-order valence-corrected chi connectivity index (χ3v) is 2.44. The molecule has 0 spiro atoms. The van der Waals surface area contributed by atoms with Crippen LogP contribution in [0.25, 0.3) is 0 Å². The molecule has 1 heterocycles. The zero-order valence-electron chi connectivity index (χ0n) is 9.48. The molecule has 0 N–H and O–H groups in total. The summed E-state index contributed by atoms with van der Waals surface area (Å²) in [7, 11) is 0. The number of aliphatic imine (C=N–C) groups is 1. The van der Waals surface area contributed by atoms with Gasteiger partial charge in [-0.2, -0.15) is 0 Å². The van der Waals surface area contributed by atoms with E-state index in [0.717, 1.165) is 0 Å². The van der Waals surface area contributed by atoms with Crippen molar-refractivity contribution >= 4 is 18.1 Å². The van der Waals surface area contributed by atoms with Crippen molar-refractivity contribution in [1.82, 2.24) is 4.90 Å². The number of rotatable bonds is 3. The predicted molar refractivity (Wildman–Crippen MR) is 63.3 cm³/mol. The molecule has 1 aromatic rings. The number of amides is 1. The molecule has 2 rings (SSSR count). The Morgan fingerprint density at radius 2 is 2.17 bits per heavy atom. The number of carbonyl (C=O) groups is 1. The summed E-state index contributed by atoms with van der Waals surface area (Å²) in [5.74, 6) is 0. The molecule has 0 aromatic heterocycles. The minimum atomic E-state index is -0.476. The zero-order valence-corrected chi connectivity index (χ0v) is 9.48. The van der Waals surface area contributed by atoms with E-state index in [1.165, 1.54) is 23.4 Å². The van der Waals surface area contributed by atoms with Crippen molar-refractivity contribution in [2.75, 3.05) is 13.1 Å². The van der Waals surface area contributed by atoms with E-state index < -0.39 is 11.0 Å². The molecule has 0 radical (unpaired) electrons. The second kappa shape index (κ2) is 5.26. The van der Waals surface area contributed by atoms with Gasteiger partial charge in [-0.05, 0) is 17.7 Å². The second-order valence-corrected chi connectivity index (χ2v) is 3.69. The van der Waals surface area contributed by atoms with Crippen molar-refractivity contribution in [2.45, 2.75) is 6.61 Å². The number of non-ortho nitro benzene ring substituents is 1. The third-order valence-electron chi connectivity index (χ3n) is 2.44. The van der Waals surface area contributed by atoms with Gasteiger partial charge in [-0.25, -0.2) is 4.79 Å². The number of carbonyl (C=O) groups excluding carboxylic acids is 1. The van der Waals surface area contributed by atoms with Crippen molar-refractivity contribution in [3.63, 3.8) is 0 Å². The Balaban J connectivity index is 1.88. The van der Waals surface area contributed by atoms with Gasteiger partial charge in [0.05, 0.1) is 17.8 Å². The lowest BCUT2D eigenvalue weighted by Gasteiger charge is -2.11. The summed E-state index contributed by atoms with van der Waals surface area (Å²) in [4.78, 5) is 26.8. The van der Waals surface area contributed by atoms with Crippen LogP contribution >= 0.6 is 0 Å². The fourth-order valence-corrected chi connectivity index (χ4v) is 1.46. The van der Waals surface area contributed by atoms with Crippen LogP contribution in [-0.4, -0.2) is 35.3 Å². The van der Waals surface area contributed by atoms with Crippen molar-refractivity contribution in [3.8, 4) is 0 Å².